The Balaban J connectivity index is 2.87. The van der Waals surface area contributed by atoms with Crippen molar-refractivity contribution in [3.05, 3.63) is 38.8 Å². The minimum absolute atomic E-state index is 0.0312. The molecule has 19 heavy (non-hydrogen) atoms. The van der Waals surface area contributed by atoms with Crippen LogP contribution in [0.2, 0.25) is 10.0 Å². The summed E-state index contributed by atoms with van der Waals surface area (Å²) in [5, 5.41) is 3.49. The van der Waals surface area contributed by atoms with Crippen LogP contribution in [0, 0.1) is 4.77 Å². The first kappa shape index (κ1) is 14.4. The number of halogens is 5. The van der Waals surface area contributed by atoms with Crippen LogP contribution in [0.25, 0.3) is 5.69 Å². The van der Waals surface area contributed by atoms with E-state index in [0.717, 1.165) is 9.25 Å². The molecule has 0 N–H and O–H groups in total. The number of hydrogen-bond acceptors (Lipinski definition) is 2. The number of aromatic nitrogens is 3. The standard InChI is InChI=1S/C10H6Cl2F3N3S/c1-17-9(19)18(8(16-17)10(13,14)15)7-5(11)3-2-4-6(7)12/h2-4H,1H3. The van der Waals surface area contributed by atoms with Gasteiger partial charge in [-0.3, -0.25) is 4.57 Å². The summed E-state index contributed by atoms with van der Waals surface area (Å²) in [4.78, 5) is 0. The molecule has 0 saturated carbocycles. The van der Waals surface area contributed by atoms with Gasteiger partial charge >= 0.3 is 6.18 Å². The summed E-state index contributed by atoms with van der Waals surface area (Å²) in [6.07, 6.45) is -4.67. The van der Waals surface area contributed by atoms with Crippen LogP contribution in [-0.2, 0) is 13.2 Å². The Hall–Kier alpha value is -1.05. The van der Waals surface area contributed by atoms with E-state index >= 15 is 0 Å². The van der Waals surface area contributed by atoms with Gasteiger partial charge < -0.3 is 0 Å². The van der Waals surface area contributed by atoms with Crippen molar-refractivity contribution in [3.8, 4) is 5.69 Å². The molecule has 0 unspecified atom stereocenters. The second kappa shape index (κ2) is 4.81. The smallest absolute Gasteiger partial charge is 0.261 e. The van der Waals surface area contributed by atoms with Crippen LogP contribution >= 0.6 is 35.4 Å². The molecule has 0 spiro atoms. The highest BCUT2D eigenvalue weighted by molar-refractivity contribution is 7.71. The first-order chi connectivity index (χ1) is 8.73. The van der Waals surface area contributed by atoms with Gasteiger partial charge in [-0.1, -0.05) is 29.3 Å². The third-order valence-corrected chi connectivity index (χ3v) is 3.40. The highest BCUT2D eigenvalue weighted by Gasteiger charge is 2.39. The fourth-order valence-corrected chi connectivity index (χ4v) is 2.34. The summed E-state index contributed by atoms with van der Waals surface area (Å²) in [5.74, 6) is -1.17. The minimum atomic E-state index is -4.67. The van der Waals surface area contributed by atoms with Gasteiger partial charge in [0.05, 0.1) is 15.7 Å². The summed E-state index contributed by atoms with van der Waals surface area (Å²) in [6, 6.07) is 4.39. The Kier molecular flexibility index (Phi) is 3.63. The van der Waals surface area contributed by atoms with Gasteiger partial charge in [0.15, 0.2) is 0 Å². The first-order valence-corrected chi connectivity index (χ1v) is 6.07. The number of benzene rings is 1. The van der Waals surface area contributed by atoms with E-state index in [1.807, 2.05) is 0 Å². The normalized spacial score (nSPS) is 11.9. The number of alkyl halides is 3. The van der Waals surface area contributed by atoms with Crippen LogP contribution < -0.4 is 0 Å². The zero-order valence-corrected chi connectivity index (χ0v) is 11.7. The van der Waals surface area contributed by atoms with E-state index in [1.54, 1.807) is 0 Å². The SMILES string of the molecule is Cn1nc(C(F)(F)F)n(-c2c(Cl)cccc2Cl)c1=S. The predicted molar refractivity (Wildman–Crippen MR) is 68.4 cm³/mol. The molecule has 1 aromatic heterocycles. The molecule has 102 valence electrons. The summed E-state index contributed by atoms with van der Waals surface area (Å²) in [5.41, 5.74) is -0.0312. The molecule has 0 amide bonds. The average molecular weight is 328 g/mol. The van der Waals surface area contributed by atoms with Crippen LogP contribution in [0.1, 0.15) is 5.82 Å². The van der Waals surface area contributed by atoms with Crippen molar-refractivity contribution in [2.45, 2.75) is 6.18 Å². The molecule has 0 aliphatic rings. The van der Waals surface area contributed by atoms with Gasteiger partial charge in [-0.25, -0.2) is 4.68 Å². The summed E-state index contributed by atoms with van der Waals surface area (Å²) in [7, 11) is 1.32. The second-order valence-electron chi connectivity index (χ2n) is 3.63. The van der Waals surface area contributed by atoms with Crippen molar-refractivity contribution >= 4 is 35.4 Å². The van der Waals surface area contributed by atoms with Gasteiger partial charge in [-0.05, 0) is 24.4 Å². The predicted octanol–water partition coefficient (Wildman–Crippen LogP) is 4.27. The number of nitrogens with zero attached hydrogens (tertiary/aromatic N) is 3. The van der Waals surface area contributed by atoms with Gasteiger partial charge in [0, 0.05) is 7.05 Å². The minimum Gasteiger partial charge on any atom is -0.261 e. The molecule has 0 aliphatic carbocycles. The summed E-state index contributed by atoms with van der Waals surface area (Å²) >= 11 is 16.8. The maximum absolute atomic E-state index is 13.0. The number of hydrogen-bond donors (Lipinski definition) is 0. The Morgan fingerprint density at radius 2 is 1.74 bits per heavy atom. The molecule has 3 nitrogen and oxygen atoms in total. The van der Waals surface area contributed by atoms with Crippen molar-refractivity contribution in [1.82, 2.24) is 14.3 Å². The molecular weight excluding hydrogens is 322 g/mol. The van der Waals surface area contributed by atoms with Crippen LogP contribution in [0.4, 0.5) is 13.2 Å². The molecule has 2 aromatic rings. The molecule has 1 aromatic carbocycles. The highest BCUT2D eigenvalue weighted by atomic mass is 35.5. The van der Waals surface area contributed by atoms with Crippen molar-refractivity contribution in [2.24, 2.45) is 7.05 Å². The molecule has 0 fully saturated rings. The molecule has 0 saturated heterocycles. The largest absolute Gasteiger partial charge is 0.452 e. The van der Waals surface area contributed by atoms with E-state index in [0.29, 0.717) is 0 Å². The summed E-state index contributed by atoms with van der Waals surface area (Å²) < 4.78 is 40.4. The van der Waals surface area contributed by atoms with Gasteiger partial charge in [-0.2, -0.15) is 13.2 Å². The Morgan fingerprint density at radius 3 is 2.21 bits per heavy atom. The van der Waals surface area contributed by atoms with Gasteiger partial charge in [0.1, 0.15) is 0 Å². The van der Waals surface area contributed by atoms with Crippen molar-refractivity contribution in [2.75, 3.05) is 0 Å². The molecule has 0 radical (unpaired) electrons. The van der Waals surface area contributed by atoms with E-state index in [9.17, 15) is 13.2 Å². The molecule has 2 rings (SSSR count). The van der Waals surface area contributed by atoms with Gasteiger partial charge in [0.25, 0.3) is 0 Å². The van der Waals surface area contributed by atoms with E-state index < -0.39 is 12.0 Å². The van der Waals surface area contributed by atoms with Crippen LogP contribution in [0.15, 0.2) is 18.2 Å². The quantitative estimate of drug-likeness (QED) is 0.730. The topological polar surface area (TPSA) is 22.8 Å². The highest BCUT2D eigenvalue weighted by Crippen LogP contribution is 2.35. The van der Waals surface area contributed by atoms with Crippen molar-refractivity contribution in [3.63, 3.8) is 0 Å². The second-order valence-corrected chi connectivity index (χ2v) is 4.81. The third kappa shape index (κ3) is 2.50. The van der Waals surface area contributed by atoms with Crippen LogP contribution in [-0.4, -0.2) is 14.3 Å². The fraction of sp³-hybridized carbons (Fsp3) is 0.200. The first-order valence-electron chi connectivity index (χ1n) is 4.91. The zero-order valence-electron chi connectivity index (χ0n) is 9.37. The van der Waals surface area contributed by atoms with E-state index in [1.165, 1.54) is 25.2 Å². The van der Waals surface area contributed by atoms with E-state index in [-0.39, 0.29) is 20.5 Å². The Morgan fingerprint density at radius 1 is 1.21 bits per heavy atom. The fourth-order valence-electron chi connectivity index (χ4n) is 1.55. The third-order valence-electron chi connectivity index (χ3n) is 2.34. The van der Waals surface area contributed by atoms with Crippen molar-refractivity contribution < 1.29 is 13.2 Å². The molecular formula is C10H6Cl2F3N3S. The number of aryl methyl sites for hydroxylation is 1. The van der Waals surface area contributed by atoms with Crippen LogP contribution in [0.3, 0.4) is 0 Å². The maximum Gasteiger partial charge on any atom is 0.452 e. The maximum atomic E-state index is 13.0. The van der Waals surface area contributed by atoms with Crippen LogP contribution in [0.5, 0.6) is 0 Å². The van der Waals surface area contributed by atoms with Gasteiger partial charge in [0.2, 0.25) is 10.6 Å². The number of rotatable bonds is 1. The molecule has 1 heterocycles. The Labute approximate surface area is 121 Å². The molecule has 0 aliphatic heterocycles. The monoisotopic (exact) mass is 327 g/mol. The van der Waals surface area contributed by atoms with E-state index in [4.69, 9.17) is 35.4 Å². The Bertz CT molecular complexity index is 670. The molecule has 0 atom stereocenters. The average Bonchev–Trinajstić information content (AvgIpc) is 2.57. The van der Waals surface area contributed by atoms with E-state index in [2.05, 4.69) is 5.10 Å². The lowest BCUT2D eigenvalue weighted by Crippen LogP contribution is -2.14. The lowest BCUT2D eigenvalue weighted by Gasteiger charge is -2.12. The van der Waals surface area contributed by atoms with Gasteiger partial charge in [-0.15, -0.1) is 5.10 Å². The summed E-state index contributed by atoms with van der Waals surface area (Å²) in [6.45, 7) is 0. The van der Waals surface area contributed by atoms with Crippen molar-refractivity contribution in [1.29, 1.82) is 0 Å². The zero-order chi connectivity index (χ0) is 14.4. The lowest BCUT2D eigenvalue weighted by molar-refractivity contribution is -0.146. The number of para-hydroxylation sites is 1. The molecule has 0 bridgehead atoms. The lowest BCUT2D eigenvalue weighted by atomic mass is 10.3. The molecule has 9 heteroatoms.